The van der Waals surface area contributed by atoms with E-state index in [0.29, 0.717) is 0 Å². The maximum Gasteiger partial charge on any atom is 0.00668 e. The minimum atomic E-state index is 0.747. The van der Waals surface area contributed by atoms with Crippen LogP contribution in [-0.2, 0) is 0 Å². The monoisotopic (exact) mass is 171 g/mol. The summed E-state index contributed by atoms with van der Waals surface area (Å²) in [4.78, 5) is 0. The standard InChI is InChI=1S/C11H25N/c1-5-7-8-12-11(6-2)9-10(3)4/h10-12H,5-9H2,1-4H3. The Morgan fingerprint density at radius 2 is 1.83 bits per heavy atom. The van der Waals surface area contributed by atoms with Crippen LogP contribution in [0.1, 0.15) is 53.4 Å². The molecule has 0 radical (unpaired) electrons. The molecule has 0 saturated carbocycles. The van der Waals surface area contributed by atoms with Crippen molar-refractivity contribution in [2.75, 3.05) is 6.54 Å². The fraction of sp³-hybridized carbons (Fsp3) is 1.00. The highest BCUT2D eigenvalue weighted by Crippen LogP contribution is 2.07. The summed E-state index contributed by atoms with van der Waals surface area (Å²) < 4.78 is 0. The van der Waals surface area contributed by atoms with Crippen LogP contribution in [0, 0.1) is 5.92 Å². The van der Waals surface area contributed by atoms with Gasteiger partial charge in [-0.1, -0.05) is 34.1 Å². The number of rotatable bonds is 7. The van der Waals surface area contributed by atoms with Crippen molar-refractivity contribution >= 4 is 0 Å². The molecule has 0 aromatic carbocycles. The van der Waals surface area contributed by atoms with Gasteiger partial charge in [-0.3, -0.25) is 0 Å². The van der Waals surface area contributed by atoms with Crippen LogP contribution in [0.5, 0.6) is 0 Å². The summed E-state index contributed by atoms with van der Waals surface area (Å²) in [5, 5.41) is 3.60. The highest BCUT2D eigenvalue weighted by Gasteiger charge is 2.06. The molecule has 0 spiro atoms. The first-order valence-electron chi connectivity index (χ1n) is 5.44. The quantitative estimate of drug-likeness (QED) is 0.580. The van der Waals surface area contributed by atoms with Crippen LogP contribution in [0.2, 0.25) is 0 Å². The van der Waals surface area contributed by atoms with E-state index >= 15 is 0 Å². The first kappa shape index (κ1) is 12.0. The first-order valence-corrected chi connectivity index (χ1v) is 5.44. The summed E-state index contributed by atoms with van der Waals surface area (Å²) in [5.74, 6) is 0.823. The summed E-state index contributed by atoms with van der Waals surface area (Å²) in [6.45, 7) is 10.3. The summed E-state index contributed by atoms with van der Waals surface area (Å²) in [6, 6.07) is 0.747. The summed E-state index contributed by atoms with van der Waals surface area (Å²) in [5.41, 5.74) is 0. The van der Waals surface area contributed by atoms with E-state index in [-0.39, 0.29) is 0 Å². The molecule has 0 aliphatic heterocycles. The lowest BCUT2D eigenvalue weighted by Crippen LogP contribution is -2.30. The van der Waals surface area contributed by atoms with Crippen molar-refractivity contribution < 1.29 is 0 Å². The van der Waals surface area contributed by atoms with Crippen molar-refractivity contribution in [2.24, 2.45) is 5.92 Å². The Kier molecular flexibility index (Phi) is 7.58. The average Bonchev–Trinajstić information content (AvgIpc) is 2.02. The molecule has 0 aliphatic carbocycles. The average molecular weight is 171 g/mol. The van der Waals surface area contributed by atoms with Crippen molar-refractivity contribution in [1.82, 2.24) is 5.32 Å². The normalized spacial score (nSPS) is 13.8. The Morgan fingerprint density at radius 3 is 2.25 bits per heavy atom. The molecule has 0 aliphatic rings. The second-order valence-electron chi connectivity index (χ2n) is 4.04. The molecule has 0 fully saturated rings. The highest BCUT2D eigenvalue weighted by molar-refractivity contribution is 4.66. The fourth-order valence-electron chi connectivity index (χ4n) is 1.45. The maximum atomic E-state index is 3.60. The van der Waals surface area contributed by atoms with E-state index in [0.717, 1.165) is 12.0 Å². The van der Waals surface area contributed by atoms with Gasteiger partial charge < -0.3 is 5.32 Å². The molecule has 0 bridgehead atoms. The van der Waals surface area contributed by atoms with E-state index < -0.39 is 0 Å². The molecule has 1 unspecified atom stereocenters. The van der Waals surface area contributed by atoms with E-state index in [1.807, 2.05) is 0 Å². The molecule has 0 rings (SSSR count). The van der Waals surface area contributed by atoms with Gasteiger partial charge in [0.15, 0.2) is 0 Å². The zero-order valence-electron chi connectivity index (χ0n) is 9.19. The van der Waals surface area contributed by atoms with Crippen LogP contribution in [0.25, 0.3) is 0 Å². The van der Waals surface area contributed by atoms with Crippen molar-refractivity contribution in [2.45, 2.75) is 59.4 Å². The van der Waals surface area contributed by atoms with Crippen molar-refractivity contribution in [3.05, 3.63) is 0 Å². The Morgan fingerprint density at radius 1 is 1.17 bits per heavy atom. The molecule has 1 atom stereocenters. The van der Waals surface area contributed by atoms with Crippen LogP contribution in [-0.4, -0.2) is 12.6 Å². The first-order chi connectivity index (χ1) is 5.70. The lowest BCUT2D eigenvalue weighted by atomic mass is 10.0. The largest absolute Gasteiger partial charge is 0.314 e. The lowest BCUT2D eigenvalue weighted by Gasteiger charge is -2.18. The van der Waals surface area contributed by atoms with Crippen molar-refractivity contribution in [3.8, 4) is 0 Å². The Hall–Kier alpha value is -0.0400. The van der Waals surface area contributed by atoms with Crippen LogP contribution < -0.4 is 5.32 Å². The van der Waals surface area contributed by atoms with Crippen LogP contribution >= 0.6 is 0 Å². The minimum absolute atomic E-state index is 0.747. The van der Waals surface area contributed by atoms with Gasteiger partial charge in [0.2, 0.25) is 0 Å². The van der Waals surface area contributed by atoms with Gasteiger partial charge in [-0.25, -0.2) is 0 Å². The molecule has 12 heavy (non-hydrogen) atoms. The van der Waals surface area contributed by atoms with Gasteiger partial charge in [0.25, 0.3) is 0 Å². The van der Waals surface area contributed by atoms with Gasteiger partial charge in [-0.05, 0) is 31.7 Å². The van der Waals surface area contributed by atoms with Gasteiger partial charge in [-0.15, -0.1) is 0 Å². The van der Waals surface area contributed by atoms with E-state index in [1.54, 1.807) is 0 Å². The third kappa shape index (κ3) is 6.66. The Balaban J connectivity index is 3.39. The molecule has 0 heterocycles. The third-order valence-electron chi connectivity index (χ3n) is 2.21. The number of hydrogen-bond acceptors (Lipinski definition) is 1. The van der Waals surface area contributed by atoms with E-state index in [2.05, 4.69) is 33.0 Å². The van der Waals surface area contributed by atoms with E-state index in [9.17, 15) is 0 Å². The van der Waals surface area contributed by atoms with Crippen LogP contribution in [0.15, 0.2) is 0 Å². The zero-order chi connectivity index (χ0) is 9.40. The molecular formula is C11H25N. The lowest BCUT2D eigenvalue weighted by molar-refractivity contribution is 0.406. The summed E-state index contributed by atoms with van der Waals surface area (Å²) in [7, 11) is 0. The van der Waals surface area contributed by atoms with Gasteiger partial charge in [0.1, 0.15) is 0 Å². The van der Waals surface area contributed by atoms with E-state index in [1.165, 1.54) is 32.2 Å². The Labute approximate surface area is 77.9 Å². The predicted molar refractivity (Wildman–Crippen MR) is 56.4 cm³/mol. The number of unbranched alkanes of at least 4 members (excludes halogenated alkanes) is 1. The molecule has 1 N–H and O–H groups in total. The fourth-order valence-corrected chi connectivity index (χ4v) is 1.45. The van der Waals surface area contributed by atoms with Gasteiger partial charge >= 0.3 is 0 Å². The van der Waals surface area contributed by atoms with Gasteiger partial charge in [0, 0.05) is 6.04 Å². The van der Waals surface area contributed by atoms with Gasteiger partial charge in [0.05, 0.1) is 0 Å². The second-order valence-corrected chi connectivity index (χ2v) is 4.04. The molecule has 74 valence electrons. The smallest absolute Gasteiger partial charge is 0.00668 e. The zero-order valence-corrected chi connectivity index (χ0v) is 9.19. The second kappa shape index (κ2) is 7.60. The SMILES string of the molecule is CCCCNC(CC)CC(C)C. The molecule has 1 heteroatoms. The van der Waals surface area contributed by atoms with Gasteiger partial charge in [-0.2, -0.15) is 0 Å². The van der Waals surface area contributed by atoms with E-state index in [4.69, 9.17) is 0 Å². The van der Waals surface area contributed by atoms with Crippen LogP contribution in [0.3, 0.4) is 0 Å². The molecule has 0 saturated heterocycles. The number of nitrogens with one attached hydrogen (secondary N) is 1. The molecular weight excluding hydrogens is 146 g/mol. The molecule has 0 amide bonds. The topological polar surface area (TPSA) is 12.0 Å². The van der Waals surface area contributed by atoms with Crippen LogP contribution in [0.4, 0.5) is 0 Å². The predicted octanol–water partition coefficient (Wildman–Crippen LogP) is 3.20. The Bertz CT molecular complexity index is 89.0. The minimum Gasteiger partial charge on any atom is -0.314 e. The highest BCUT2D eigenvalue weighted by atomic mass is 14.9. The molecule has 0 aromatic rings. The summed E-state index contributed by atoms with van der Waals surface area (Å²) >= 11 is 0. The van der Waals surface area contributed by atoms with Crippen molar-refractivity contribution in [1.29, 1.82) is 0 Å². The molecule has 0 aromatic heterocycles. The third-order valence-corrected chi connectivity index (χ3v) is 2.21. The summed E-state index contributed by atoms with van der Waals surface area (Å²) in [6.07, 6.45) is 5.20. The maximum absolute atomic E-state index is 3.60. The number of hydrogen-bond donors (Lipinski definition) is 1. The molecule has 1 nitrogen and oxygen atoms in total. The van der Waals surface area contributed by atoms with Crippen molar-refractivity contribution in [3.63, 3.8) is 0 Å².